The number of hydrogen-bond acceptors (Lipinski definition) is 2. The van der Waals surface area contributed by atoms with Crippen molar-refractivity contribution in [2.45, 2.75) is 38.1 Å². The molecular formula is C24H23FN2OS. The highest BCUT2D eigenvalue weighted by Gasteiger charge is 2.36. The summed E-state index contributed by atoms with van der Waals surface area (Å²) < 4.78 is 13.2. The van der Waals surface area contributed by atoms with E-state index in [9.17, 15) is 9.18 Å². The van der Waals surface area contributed by atoms with Gasteiger partial charge < -0.3 is 10.2 Å². The van der Waals surface area contributed by atoms with Gasteiger partial charge in [-0.2, -0.15) is 0 Å². The van der Waals surface area contributed by atoms with Crippen molar-refractivity contribution < 1.29 is 9.18 Å². The molecule has 3 aromatic rings. The van der Waals surface area contributed by atoms with E-state index in [1.165, 1.54) is 46.7 Å². The Bertz CT molecular complexity index is 1030. The normalized spacial score (nSPS) is 18.1. The van der Waals surface area contributed by atoms with Crippen LogP contribution in [0.5, 0.6) is 0 Å². The highest BCUT2D eigenvalue weighted by atomic mass is 32.1. The van der Waals surface area contributed by atoms with Crippen LogP contribution < -0.4 is 5.32 Å². The standard InChI is InChI=1S/C24H23FN2OS/c25-17-10-12-18(13-11-17)26-24(28)27-15-14-20-19-8-4-5-9-21(19)29-23(20)22(27)16-6-2-1-3-7-16/h1-3,6-7,10-13,22H,4-5,8-9,14-15H2,(H,26,28). The summed E-state index contributed by atoms with van der Waals surface area (Å²) in [7, 11) is 0. The second-order valence-corrected chi connectivity index (χ2v) is 8.88. The molecule has 0 radical (unpaired) electrons. The highest BCUT2D eigenvalue weighted by Crippen LogP contribution is 2.45. The van der Waals surface area contributed by atoms with Gasteiger partial charge in [0.25, 0.3) is 0 Å². The van der Waals surface area contributed by atoms with Gasteiger partial charge in [-0.25, -0.2) is 9.18 Å². The quantitative estimate of drug-likeness (QED) is 0.561. The van der Waals surface area contributed by atoms with E-state index in [0.29, 0.717) is 12.2 Å². The monoisotopic (exact) mass is 406 g/mol. The second kappa shape index (κ2) is 7.64. The zero-order chi connectivity index (χ0) is 19.8. The third kappa shape index (κ3) is 3.44. The van der Waals surface area contributed by atoms with Crippen molar-refractivity contribution in [1.82, 2.24) is 4.90 Å². The van der Waals surface area contributed by atoms with E-state index in [4.69, 9.17) is 0 Å². The van der Waals surface area contributed by atoms with Crippen LogP contribution in [0.15, 0.2) is 54.6 Å². The molecular weight excluding hydrogens is 383 g/mol. The van der Waals surface area contributed by atoms with Crippen molar-refractivity contribution in [3.05, 3.63) is 86.9 Å². The highest BCUT2D eigenvalue weighted by molar-refractivity contribution is 7.12. The van der Waals surface area contributed by atoms with E-state index in [-0.39, 0.29) is 17.9 Å². The number of benzene rings is 2. The minimum Gasteiger partial charge on any atom is -0.312 e. The number of hydrogen-bond donors (Lipinski definition) is 1. The number of carbonyl (C=O) groups excluding carboxylic acids is 1. The van der Waals surface area contributed by atoms with Crippen LogP contribution in [-0.2, 0) is 19.3 Å². The summed E-state index contributed by atoms with van der Waals surface area (Å²) in [5.41, 5.74) is 4.78. The summed E-state index contributed by atoms with van der Waals surface area (Å²) in [6, 6.07) is 16.0. The number of anilines is 1. The molecule has 0 saturated carbocycles. The maximum absolute atomic E-state index is 13.2. The predicted octanol–water partition coefficient (Wildman–Crippen LogP) is 5.95. The first-order chi connectivity index (χ1) is 14.2. The van der Waals surface area contributed by atoms with E-state index >= 15 is 0 Å². The Morgan fingerprint density at radius 1 is 0.966 bits per heavy atom. The molecule has 1 unspecified atom stereocenters. The lowest BCUT2D eigenvalue weighted by Gasteiger charge is -2.36. The van der Waals surface area contributed by atoms with Crippen LogP contribution in [0.25, 0.3) is 0 Å². The molecule has 0 saturated heterocycles. The zero-order valence-electron chi connectivity index (χ0n) is 16.2. The van der Waals surface area contributed by atoms with Crippen molar-refractivity contribution in [3.63, 3.8) is 0 Å². The van der Waals surface area contributed by atoms with Gasteiger partial charge in [0.15, 0.2) is 0 Å². The average Bonchev–Trinajstić information content (AvgIpc) is 3.14. The molecule has 3 nitrogen and oxygen atoms in total. The molecule has 148 valence electrons. The Labute approximate surface area is 174 Å². The molecule has 2 heterocycles. The fourth-order valence-corrected chi connectivity index (χ4v) is 6.15. The van der Waals surface area contributed by atoms with Gasteiger partial charge >= 0.3 is 6.03 Å². The maximum atomic E-state index is 13.2. The number of thiophene rings is 1. The number of halogens is 1. The Balaban J connectivity index is 1.52. The van der Waals surface area contributed by atoms with Crippen LogP contribution in [0, 0.1) is 5.82 Å². The van der Waals surface area contributed by atoms with Crippen molar-refractivity contribution in [2.24, 2.45) is 0 Å². The topological polar surface area (TPSA) is 32.3 Å². The average molecular weight is 407 g/mol. The van der Waals surface area contributed by atoms with Gasteiger partial charge in [0.2, 0.25) is 0 Å². The lowest BCUT2D eigenvalue weighted by Crippen LogP contribution is -2.42. The minimum absolute atomic E-state index is 0.0731. The minimum atomic E-state index is -0.308. The lowest BCUT2D eigenvalue weighted by atomic mass is 9.88. The van der Waals surface area contributed by atoms with E-state index in [2.05, 4.69) is 17.4 Å². The smallest absolute Gasteiger partial charge is 0.312 e. The van der Waals surface area contributed by atoms with Gasteiger partial charge in [0.05, 0.1) is 6.04 Å². The number of amides is 2. The van der Waals surface area contributed by atoms with Crippen LogP contribution >= 0.6 is 11.3 Å². The van der Waals surface area contributed by atoms with Gasteiger partial charge in [-0.3, -0.25) is 0 Å². The zero-order valence-corrected chi connectivity index (χ0v) is 17.0. The SMILES string of the molecule is O=C(Nc1ccc(F)cc1)N1CCc2c(sc3c2CCCC3)C1c1ccccc1. The van der Waals surface area contributed by atoms with E-state index < -0.39 is 0 Å². The molecule has 5 heteroatoms. The summed E-state index contributed by atoms with van der Waals surface area (Å²) in [6.45, 7) is 0.683. The number of nitrogens with zero attached hydrogens (tertiary/aromatic N) is 1. The van der Waals surface area contributed by atoms with E-state index in [1.54, 1.807) is 17.7 Å². The predicted molar refractivity (Wildman–Crippen MR) is 115 cm³/mol. The molecule has 1 aliphatic carbocycles. The van der Waals surface area contributed by atoms with Crippen LogP contribution in [0.1, 0.15) is 45.3 Å². The molecule has 0 spiro atoms. The molecule has 0 fully saturated rings. The molecule has 0 bridgehead atoms. The van der Waals surface area contributed by atoms with Gasteiger partial charge in [0, 0.05) is 22.0 Å². The number of aryl methyl sites for hydroxylation is 1. The van der Waals surface area contributed by atoms with Crippen LogP contribution in [0.2, 0.25) is 0 Å². The molecule has 1 aliphatic heterocycles. The molecule has 5 rings (SSSR count). The third-order valence-corrected chi connectivity index (χ3v) is 7.33. The molecule has 29 heavy (non-hydrogen) atoms. The fourth-order valence-electron chi connectivity index (χ4n) is 4.56. The summed E-state index contributed by atoms with van der Waals surface area (Å²) in [4.78, 5) is 18.0. The second-order valence-electron chi connectivity index (χ2n) is 7.75. The number of urea groups is 1. The fraction of sp³-hybridized carbons (Fsp3) is 0.292. The maximum Gasteiger partial charge on any atom is 0.322 e. The summed E-state index contributed by atoms with van der Waals surface area (Å²) in [5, 5.41) is 2.96. The Morgan fingerprint density at radius 2 is 1.72 bits per heavy atom. The van der Waals surface area contributed by atoms with Crippen LogP contribution in [0.4, 0.5) is 14.9 Å². The summed E-state index contributed by atoms with van der Waals surface area (Å²) in [6.07, 6.45) is 5.76. The number of fused-ring (bicyclic) bond motifs is 3. The third-order valence-electron chi connectivity index (χ3n) is 5.95. The van der Waals surface area contributed by atoms with Gasteiger partial charge in [-0.05, 0) is 73.1 Å². The van der Waals surface area contributed by atoms with Gasteiger partial charge in [-0.1, -0.05) is 30.3 Å². The molecule has 1 atom stereocenters. The van der Waals surface area contributed by atoms with Crippen molar-refractivity contribution in [2.75, 3.05) is 11.9 Å². The number of rotatable bonds is 2. The molecule has 1 aromatic heterocycles. The Hall–Kier alpha value is -2.66. The van der Waals surface area contributed by atoms with Crippen molar-refractivity contribution in [3.8, 4) is 0 Å². The first-order valence-electron chi connectivity index (χ1n) is 10.2. The van der Waals surface area contributed by atoms with E-state index in [1.807, 2.05) is 34.4 Å². The summed E-state index contributed by atoms with van der Waals surface area (Å²) in [5.74, 6) is -0.308. The van der Waals surface area contributed by atoms with Crippen LogP contribution in [-0.4, -0.2) is 17.5 Å². The Kier molecular flexibility index (Phi) is 4.84. The van der Waals surface area contributed by atoms with Crippen LogP contribution in [0.3, 0.4) is 0 Å². The van der Waals surface area contributed by atoms with Crippen molar-refractivity contribution in [1.29, 1.82) is 0 Å². The Morgan fingerprint density at radius 3 is 2.52 bits per heavy atom. The molecule has 2 aliphatic rings. The van der Waals surface area contributed by atoms with Gasteiger partial charge in [0.1, 0.15) is 5.82 Å². The molecule has 2 amide bonds. The summed E-state index contributed by atoms with van der Waals surface area (Å²) >= 11 is 1.90. The molecule has 1 N–H and O–H groups in total. The van der Waals surface area contributed by atoms with Crippen molar-refractivity contribution >= 4 is 23.1 Å². The number of nitrogens with one attached hydrogen (secondary N) is 1. The largest absolute Gasteiger partial charge is 0.322 e. The lowest BCUT2D eigenvalue weighted by molar-refractivity contribution is 0.195. The van der Waals surface area contributed by atoms with Gasteiger partial charge in [-0.15, -0.1) is 11.3 Å². The molecule has 2 aromatic carbocycles. The number of carbonyl (C=O) groups is 1. The first kappa shape index (κ1) is 18.4. The van der Waals surface area contributed by atoms with E-state index in [0.717, 1.165) is 18.4 Å². The first-order valence-corrected chi connectivity index (χ1v) is 11.0.